The summed E-state index contributed by atoms with van der Waals surface area (Å²) in [5.74, 6) is -1.26. The molecule has 0 saturated heterocycles. The highest BCUT2D eigenvalue weighted by Gasteiger charge is 2.23. The SMILES string of the molecule is Cc1ccc(NC(=O)CS(=O)(=O)c2nccn2C)c(Br)c1. The highest BCUT2D eigenvalue weighted by molar-refractivity contribution is 9.10. The Hall–Kier alpha value is -1.67. The Morgan fingerprint density at radius 3 is 2.71 bits per heavy atom. The van der Waals surface area contributed by atoms with Gasteiger partial charge in [0.2, 0.25) is 20.9 Å². The number of sulfone groups is 1. The molecule has 2 aromatic rings. The lowest BCUT2D eigenvalue weighted by Gasteiger charge is -2.08. The smallest absolute Gasteiger partial charge is 0.240 e. The Labute approximate surface area is 131 Å². The van der Waals surface area contributed by atoms with Crippen molar-refractivity contribution >= 4 is 37.4 Å². The average molecular weight is 372 g/mol. The van der Waals surface area contributed by atoms with Crippen LogP contribution in [0.3, 0.4) is 0 Å². The van der Waals surface area contributed by atoms with Crippen LogP contribution in [0.5, 0.6) is 0 Å². The normalized spacial score (nSPS) is 11.4. The number of carbonyl (C=O) groups excluding carboxylic acids is 1. The van der Waals surface area contributed by atoms with E-state index in [0.717, 1.165) is 5.56 Å². The van der Waals surface area contributed by atoms with Crippen LogP contribution in [0, 0.1) is 6.92 Å². The summed E-state index contributed by atoms with van der Waals surface area (Å²) in [5.41, 5.74) is 1.56. The summed E-state index contributed by atoms with van der Waals surface area (Å²) in [6, 6.07) is 5.38. The molecule has 0 atom stereocenters. The number of hydrogen-bond acceptors (Lipinski definition) is 4. The van der Waals surface area contributed by atoms with Crippen molar-refractivity contribution in [2.45, 2.75) is 12.1 Å². The molecule has 0 aliphatic carbocycles. The fourth-order valence-corrected chi connectivity index (χ4v) is 3.66. The Balaban J connectivity index is 2.13. The van der Waals surface area contributed by atoms with Crippen molar-refractivity contribution in [2.24, 2.45) is 7.05 Å². The molecule has 0 saturated carbocycles. The van der Waals surface area contributed by atoms with E-state index in [2.05, 4.69) is 26.2 Å². The van der Waals surface area contributed by atoms with Gasteiger partial charge in [0.25, 0.3) is 0 Å². The van der Waals surface area contributed by atoms with E-state index in [0.29, 0.717) is 10.2 Å². The van der Waals surface area contributed by atoms with Crippen LogP contribution in [0.2, 0.25) is 0 Å². The van der Waals surface area contributed by atoms with Gasteiger partial charge in [0, 0.05) is 23.9 Å². The molecule has 0 aliphatic heterocycles. The molecule has 0 unspecified atom stereocenters. The highest BCUT2D eigenvalue weighted by atomic mass is 79.9. The van der Waals surface area contributed by atoms with Crippen LogP contribution in [-0.4, -0.2) is 29.6 Å². The number of hydrogen-bond donors (Lipinski definition) is 1. The third-order valence-corrected chi connectivity index (χ3v) is 5.02. The van der Waals surface area contributed by atoms with Gasteiger partial charge >= 0.3 is 0 Å². The molecule has 0 spiro atoms. The first-order valence-electron chi connectivity index (χ1n) is 6.05. The van der Waals surface area contributed by atoms with Crippen molar-refractivity contribution in [3.8, 4) is 0 Å². The van der Waals surface area contributed by atoms with Crippen LogP contribution in [-0.2, 0) is 21.7 Å². The number of nitrogens with zero attached hydrogens (tertiary/aromatic N) is 2. The van der Waals surface area contributed by atoms with Gasteiger partial charge in [0.05, 0.1) is 5.69 Å². The summed E-state index contributed by atoms with van der Waals surface area (Å²) >= 11 is 3.32. The topological polar surface area (TPSA) is 81.1 Å². The fourth-order valence-electron chi connectivity index (χ4n) is 1.80. The van der Waals surface area contributed by atoms with Crippen molar-refractivity contribution < 1.29 is 13.2 Å². The van der Waals surface area contributed by atoms with E-state index in [1.807, 2.05) is 19.1 Å². The Kier molecular flexibility index (Phi) is 4.48. The molecule has 6 nitrogen and oxygen atoms in total. The highest BCUT2D eigenvalue weighted by Crippen LogP contribution is 2.23. The summed E-state index contributed by atoms with van der Waals surface area (Å²) in [5, 5.41) is 2.45. The van der Waals surface area contributed by atoms with Crippen molar-refractivity contribution in [1.29, 1.82) is 0 Å². The Morgan fingerprint density at radius 1 is 1.43 bits per heavy atom. The standard InChI is InChI=1S/C13H14BrN3O3S/c1-9-3-4-11(10(14)7-9)16-12(18)8-21(19,20)13-15-5-6-17(13)2/h3-7H,8H2,1-2H3,(H,16,18). The van der Waals surface area contributed by atoms with Crippen molar-refractivity contribution in [2.75, 3.05) is 11.1 Å². The number of anilines is 1. The van der Waals surface area contributed by atoms with Crippen molar-refractivity contribution in [3.05, 3.63) is 40.6 Å². The summed E-state index contributed by atoms with van der Waals surface area (Å²) in [4.78, 5) is 15.7. The molecule has 0 radical (unpaired) electrons. The van der Waals surface area contributed by atoms with E-state index in [9.17, 15) is 13.2 Å². The molecule has 0 fully saturated rings. The predicted molar refractivity (Wildman–Crippen MR) is 82.8 cm³/mol. The first kappa shape index (κ1) is 15.7. The molecule has 1 aromatic carbocycles. The number of benzene rings is 1. The zero-order valence-corrected chi connectivity index (χ0v) is 13.9. The average Bonchev–Trinajstić information content (AvgIpc) is 2.79. The molecule has 8 heteroatoms. The van der Waals surface area contributed by atoms with E-state index in [1.165, 1.54) is 17.0 Å². The van der Waals surface area contributed by atoms with Gasteiger partial charge in [0.1, 0.15) is 5.75 Å². The second-order valence-electron chi connectivity index (χ2n) is 4.61. The minimum absolute atomic E-state index is 0.124. The van der Waals surface area contributed by atoms with Crippen LogP contribution in [0.4, 0.5) is 5.69 Å². The molecule has 1 aromatic heterocycles. The van der Waals surface area contributed by atoms with Crippen LogP contribution >= 0.6 is 15.9 Å². The van der Waals surface area contributed by atoms with Gasteiger partial charge in [-0.2, -0.15) is 0 Å². The first-order chi connectivity index (χ1) is 9.79. The lowest BCUT2D eigenvalue weighted by Crippen LogP contribution is -2.24. The number of imidazole rings is 1. The molecule has 112 valence electrons. The summed E-state index contributed by atoms with van der Waals surface area (Å²) in [6.07, 6.45) is 2.89. The number of carbonyl (C=O) groups is 1. The van der Waals surface area contributed by atoms with E-state index in [-0.39, 0.29) is 5.16 Å². The first-order valence-corrected chi connectivity index (χ1v) is 8.50. The van der Waals surface area contributed by atoms with Crippen LogP contribution in [0.25, 0.3) is 0 Å². The zero-order chi connectivity index (χ0) is 15.6. The fraction of sp³-hybridized carbons (Fsp3) is 0.231. The summed E-state index contributed by atoms with van der Waals surface area (Å²) in [7, 11) is -2.20. The third kappa shape index (κ3) is 3.70. The van der Waals surface area contributed by atoms with Gasteiger partial charge in [-0.3, -0.25) is 4.79 Å². The lowest BCUT2D eigenvalue weighted by molar-refractivity contribution is -0.113. The lowest BCUT2D eigenvalue weighted by atomic mass is 10.2. The minimum Gasteiger partial charge on any atom is -0.325 e. The number of rotatable bonds is 4. The number of amides is 1. The summed E-state index contributed by atoms with van der Waals surface area (Å²) in [6.45, 7) is 1.92. The maximum absolute atomic E-state index is 12.1. The quantitative estimate of drug-likeness (QED) is 0.889. The predicted octanol–water partition coefficient (Wildman–Crippen LogP) is 1.90. The minimum atomic E-state index is -3.76. The second kappa shape index (κ2) is 5.98. The van der Waals surface area contributed by atoms with E-state index < -0.39 is 21.5 Å². The van der Waals surface area contributed by atoms with Gasteiger partial charge in [0.15, 0.2) is 0 Å². The molecule has 1 amide bonds. The molecule has 0 bridgehead atoms. The monoisotopic (exact) mass is 371 g/mol. The van der Waals surface area contributed by atoms with E-state index in [4.69, 9.17) is 0 Å². The Bertz CT molecular complexity index is 784. The second-order valence-corrected chi connectivity index (χ2v) is 7.35. The molecule has 1 N–H and O–H groups in total. The summed E-state index contributed by atoms with van der Waals surface area (Å²) < 4.78 is 26.3. The molecule has 0 aliphatic rings. The molecule has 21 heavy (non-hydrogen) atoms. The number of aryl methyl sites for hydroxylation is 2. The van der Waals surface area contributed by atoms with Crippen LogP contribution in [0.15, 0.2) is 40.2 Å². The largest absolute Gasteiger partial charge is 0.325 e. The number of aromatic nitrogens is 2. The van der Waals surface area contributed by atoms with Gasteiger partial charge in [-0.1, -0.05) is 6.07 Å². The Morgan fingerprint density at radius 2 is 2.14 bits per heavy atom. The van der Waals surface area contributed by atoms with Gasteiger partial charge in [-0.05, 0) is 40.5 Å². The molecular weight excluding hydrogens is 358 g/mol. The molecule has 1 heterocycles. The molecular formula is C13H14BrN3O3S. The zero-order valence-electron chi connectivity index (χ0n) is 11.5. The van der Waals surface area contributed by atoms with Gasteiger partial charge < -0.3 is 9.88 Å². The maximum atomic E-state index is 12.1. The van der Waals surface area contributed by atoms with Crippen molar-refractivity contribution in [3.63, 3.8) is 0 Å². The van der Waals surface area contributed by atoms with Gasteiger partial charge in [-0.25, -0.2) is 13.4 Å². The van der Waals surface area contributed by atoms with Gasteiger partial charge in [-0.15, -0.1) is 0 Å². The number of nitrogens with one attached hydrogen (secondary N) is 1. The van der Waals surface area contributed by atoms with Crippen molar-refractivity contribution in [1.82, 2.24) is 9.55 Å². The van der Waals surface area contributed by atoms with Crippen LogP contribution in [0.1, 0.15) is 5.56 Å². The van der Waals surface area contributed by atoms with Crippen LogP contribution < -0.4 is 5.32 Å². The van der Waals surface area contributed by atoms with E-state index in [1.54, 1.807) is 13.1 Å². The maximum Gasteiger partial charge on any atom is 0.240 e. The third-order valence-electron chi connectivity index (χ3n) is 2.77. The van der Waals surface area contributed by atoms with E-state index >= 15 is 0 Å². The molecule has 2 rings (SSSR count). The number of halogens is 1.